The first-order valence-electron chi connectivity index (χ1n) is 6.05. The second-order valence-electron chi connectivity index (χ2n) is 5.30. The highest BCUT2D eigenvalue weighted by Gasteiger charge is 2.49. The Hall–Kier alpha value is -1.69. The molecule has 104 valence electrons. The number of hydrogen-bond donors (Lipinski definition) is 2. The van der Waals surface area contributed by atoms with Crippen molar-refractivity contribution in [1.29, 1.82) is 0 Å². The summed E-state index contributed by atoms with van der Waals surface area (Å²) in [4.78, 5) is 14.7. The van der Waals surface area contributed by atoms with Crippen LogP contribution in [0.2, 0.25) is 0 Å². The normalized spacial score (nSPS) is 24.6. The largest absolute Gasteiger partial charge is 0.478 e. The summed E-state index contributed by atoms with van der Waals surface area (Å²) in [5.41, 5.74) is -0.528. The van der Waals surface area contributed by atoms with Crippen molar-refractivity contribution in [2.45, 2.75) is 32.4 Å². The number of pyridine rings is 1. The molecule has 2 atom stereocenters. The summed E-state index contributed by atoms with van der Waals surface area (Å²) >= 11 is 0. The van der Waals surface area contributed by atoms with Gasteiger partial charge in [0, 0.05) is 24.8 Å². The second kappa shape index (κ2) is 4.77. The van der Waals surface area contributed by atoms with Gasteiger partial charge in [-0.15, -0.1) is 0 Å². The molecule has 0 bridgehead atoms. The van der Waals surface area contributed by atoms with Crippen molar-refractivity contribution in [2.24, 2.45) is 5.41 Å². The van der Waals surface area contributed by atoms with E-state index in [4.69, 9.17) is 9.84 Å². The summed E-state index contributed by atoms with van der Waals surface area (Å²) in [5, 5.41) is 11.8. The van der Waals surface area contributed by atoms with Gasteiger partial charge in [0.05, 0.1) is 6.10 Å². The van der Waals surface area contributed by atoms with E-state index in [1.807, 2.05) is 13.8 Å². The lowest BCUT2D eigenvalue weighted by Gasteiger charge is -2.51. The summed E-state index contributed by atoms with van der Waals surface area (Å²) in [6.07, 6.45) is 2.13. The first-order valence-corrected chi connectivity index (χ1v) is 6.05. The lowest BCUT2D eigenvalue weighted by Crippen LogP contribution is -2.57. The zero-order chi connectivity index (χ0) is 14.2. The van der Waals surface area contributed by atoms with Gasteiger partial charge in [0.15, 0.2) is 11.6 Å². The molecule has 1 aliphatic rings. The third-order valence-electron chi connectivity index (χ3n) is 3.89. The number of hydrogen-bond acceptors (Lipinski definition) is 4. The molecule has 1 heterocycles. The number of carbonyl (C=O) groups is 1. The quantitative estimate of drug-likeness (QED) is 0.875. The van der Waals surface area contributed by atoms with E-state index >= 15 is 0 Å². The fourth-order valence-corrected chi connectivity index (χ4v) is 2.40. The van der Waals surface area contributed by atoms with E-state index in [9.17, 15) is 9.18 Å². The molecule has 1 aliphatic carbocycles. The minimum atomic E-state index is -1.30. The zero-order valence-corrected chi connectivity index (χ0v) is 11.1. The maximum absolute atomic E-state index is 13.9. The third kappa shape index (κ3) is 2.28. The Bertz CT molecular complexity index is 505. The van der Waals surface area contributed by atoms with Crippen molar-refractivity contribution in [3.63, 3.8) is 0 Å². The van der Waals surface area contributed by atoms with Gasteiger partial charge in [-0.05, 0) is 12.5 Å². The predicted octanol–water partition coefficient (Wildman–Crippen LogP) is 2.14. The van der Waals surface area contributed by atoms with Crippen LogP contribution in [0, 0.1) is 11.2 Å². The number of aromatic nitrogens is 1. The Labute approximate surface area is 110 Å². The highest BCUT2D eigenvalue weighted by Crippen LogP contribution is 2.44. The van der Waals surface area contributed by atoms with Gasteiger partial charge in [-0.3, -0.25) is 0 Å². The van der Waals surface area contributed by atoms with E-state index in [1.165, 1.54) is 6.20 Å². The number of nitrogens with zero attached hydrogens (tertiary/aromatic N) is 1. The van der Waals surface area contributed by atoms with Crippen LogP contribution >= 0.6 is 0 Å². The molecular formula is C13H17FN2O3. The lowest BCUT2D eigenvalue weighted by molar-refractivity contribution is -0.0796. The predicted molar refractivity (Wildman–Crippen MR) is 67.8 cm³/mol. The van der Waals surface area contributed by atoms with Crippen molar-refractivity contribution in [3.8, 4) is 0 Å². The van der Waals surface area contributed by atoms with Crippen LogP contribution in [-0.4, -0.2) is 35.3 Å². The van der Waals surface area contributed by atoms with Gasteiger partial charge in [-0.25, -0.2) is 14.2 Å². The van der Waals surface area contributed by atoms with Gasteiger partial charge in [-0.1, -0.05) is 13.8 Å². The van der Waals surface area contributed by atoms with E-state index < -0.39 is 11.8 Å². The van der Waals surface area contributed by atoms with E-state index in [0.29, 0.717) is 0 Å². The number of nitrogens with one attached hydrogen (secondary N) is 1. The molecular weight excluding hydrogens is 251 g/mol. The third-order valence-corrected chi connectivity index (χ3v) is 3.89. The Balaban J connectivity index is 2.18. The van der Waals surface area contributed by atoms with Crippen molar-refractivity contribution in [2.75, 3.05) is 12.4 Å². The van der Waals surface area contributed by atoms with Crippen LogP contribution < -0.4 is 5.32 Å². The smallest absolute Gasteiger partial charge is 0.338 e. The van der Waals surface area contributed by atoms with Crippen LogP contribution in [0.5, 0.6) is 0 Å². The Morgan fingerprint density at radius 2 is 2.32 bits per heavy atom. The van der Waals surface area contributed by atoms with E-state index in [2.05, 4.69) is 10.3 Å². The molecule has 2 unspecified atom stereocenters. The van der Waals surface area contributed by atoms with Crippen LogP contribution in [0.25, 0.3) is 0 Å². The molecule has 0 aromatic carbocycles. The van der Waals surface area contributed by atoms with Crippen LogP contribution in [-0.2, 0) is 4.74 Å². The fourth-order valence-electron chi connectivity index (χ4n) is 2.40. The molecule has 6 heteroatoms. The molecule has 2 N–H and O–H groups in total. The van der Waals surface area contributed by atoms with Gasteiger partial charge in [0.2, 0.25) is 0 Å². The SMILES string of the molecule is COC1CC(Nc2nccc(C(=O)O)c2F)C1(C)C. The molecule has 1 saturated carbocycles. The first-order chi connectivity index (χ1) is 8.87. The van der Waals surface area contributed by atoms with Gasteiger partial charge in [-0.2, -0.15) is 0 Å². The minimum absolute atomic E-state index is 0.00324. The standard InChI is InChI=1S/C13H17FN2O3/c1-13(2)8(6-9(13)19-3)16-11-10(14)7(12(17)18)4-5-15-11/h4-5,8-9H,6H2,1-3H3,(H,15,16)(H,17,18). The number of rotatable bonds is 4. The minimum Gasteiger partial charge on any atom is -0.478 e. The van der Waals surface area contributed by atoms with Crippen LogP contribution in [0.1, 0.15) is 30.6 Å². The molecule has 5 nitrogen and oxygen atoms in total. The van der Waals surface area contributed by atoms with Gasteiger partial charge < -0.3 is 15.2 Å². The van der Waals surface area contributed by atoms with Crippen LogP contribution in [0.4, 0.5) is 10.2 Å². The fraction of sp³-hybridized carbons (Fsp3) is 0.538. The van der Waals surface area contributed by atoms with E-state index in [0.717, 1.165) is 12.5 Å². The summed E-state index contributed by atoms with van der Waals surface area (Å²) in [6, 6.07) is 1.15. The average Bonchev–Trinajstić information content (AvgIpc) is 2.35. The molecule has 2 rings (SSSR count). The lowest BCUT2D eigenvalue weighted by atomic mass is 9.64. The number of halogens is 1. The topological polar surface area (TPSA) is 71.5 Å². The van der Waals surface area contributed by atoms with Crippen LogP contribution in [0.3, 0.4) is 0 Å². The van der Waals surface area contributed by atoms with Crippen molar-refractivity contribution < 1.29 is 19.0 Å². The highest BCUT2D eigenvalue weighted by atomic mass is 19.1. The number of carboxylic acids is 1. The maximum Gasteiger partial charge on any atom is 0.338 e. The maximum atomic E-state index is 13.9. The summed E-state index contributed by atoms with van der Waals surface area (Å²) in [5.74, 6) is -2.15. The van der Waals surface area contributed by atoms with E-state index in [-0.39, 0.29) is 28.9 Å². The number of carboxylic acid groups (broad SMARTS) is 1. The average molecular weight is 268 g/mol. The van der Waals surface area contributed by atoms with Gasteiger partial charge in [0.1, 0.15) is 5.56 Å². The zero-order valence-electron chi connectivity index (χ0n) is 11.1. The second-order valence-corrected chi connectivity index (χ2v) is 5.30. The van der Waals surface area contributed by atoms with Gasteiger partial charge >= 0.3 is 5.97 Å². The van der Waals surface area contributed by atoms with Crippen molar-refractivity contribution in [3.05, 3.63) is 23.6 Å². The number of aromatic carboxylic acids is 1. The Kier molecular flexibility index (Phi) is 3.45. The highest BCUT2D eigenvalue weighted by molar-refractivity contribution is 5.88. The number of anilines is 1. The monoisotopic (exact) mass is 268 g/mol. The first kappa shape index (κ1) is 13.7. The Morgan fingerprint density at radius 3 is 2.84 bits per heavy atom. The van der Waals surface area contributed by atoms with E-state index in [1.54, 1.807) is 7.11 Å². The Morgan fingerprint density at radius 1 is 1.63 bits per heavy atom. The molecule has 1 aromatic heterocycles. The molecule has 0 spiro atoms. The number of methoxy groups -OCH3 is 1. The molecule has 0 amide bonds. The molecule has 0 radical (unpaired) electrons. The summed E-state index contributed by atoms with van der Waals surface area (Å²) < 4.78 is 19.3. The molecule has 0 saturated heterocycles. The number of ether oxygens (including phenoxy) is 1. The molecule has 0 aliphatic heterocycles. The molecule has 19 heavy (non-hydrogen) atoms. The van der Waals surface area contributed by atoms with Crippen molar-refractivity contribution >= 4 is 11.8 Å². The summed E-state index contributed by atoms with van der Waals surface area (Å²) in [6.45, 7) is 4.03. The molecule has 1 aromatic rings. The van der Waals surface area contributed by atoms with Crippen LogP contribution in [0.15, 0.2) is 12.3 Å². The van der Waals surface area contributed by atoms with Gasteiger partial charge in [0.25, 0.3) is 0 Å². The summed E-state index contributed by atoms with van der Waals surface area (Å²) in [7, 11) is 1.65. The molecule has 1 fully saturated rings. The van der Waals surface area contributed by atoms with Crippen molar-refractivity contribution in [1.82, 2.24) is 4.98 Å².